The first kappa shape index (κ1) is 15.1. The van der Waals surface area contributed by atoms with Gasteiger partial charge in [-0.2, -0.15) is 13.2 Å². The van der Waals surface area contributed by atoms with Gasteiger partial charge in [-0.15, -0.1) is 0 Å². The number of halogens is 3. The molecule has 3 nitrogen and oxygen atoms in total. The van der Waals surface area contributed by atoms with Crippen LogP contribution in [0.4, 0.5) is 13.2 Å². The highest BCUT2D eigenvalue weighted by molar-refractivity contribution is 5.38. The third-order valence-electron chi connectivity index (χ3n) is 3.56. The van der Waals surface area contributed by atoms with E-state index in [2.05, 4.69) is 5.32 Å². The van der Waals surface area contributed by atoms with Crippen LogP contribution in [0.2, 0.25) is 0 Å². The summed E-state index contributed by atoms with van der Waals surface area (Å²) in [5.74, 6) is -0.0663. The van der Waals surface area contributed by atoms with Crippen molar-refractivity contribution in [3.8, 4) is 5.75 Å². The summed E-state index contributed by atoms with van der Waals surface area (Å²) in [6, 6.07) is 3.99. The first-order valence-corrected chi connectivity index (χ1v) is 6.68. The zero-order chi connectivity index (χ0) is 14.8. The third-order valence-corrected chi connectivity index (χ3v) is 3.56. The quantitative estimate of drug-likeness (QED) is 0.897. The second kappa shape index (κ2) is 6.01. The molecule has 0 unspecified atom stereocenters. The normalized spacial score (nSPS) is 19.0. The van der Waals surface area contributed by atoms with E-state index in [-0.39, 0.29) is 5.75 Å². The molecule has 0 aliphatic carbocycles. The van der Waals surface area contributed by atoms with Gasteiger partial charge in [0.1, 0.15) is 5.75 Å². The summed E-state index contributed by atoms with van der Waals surface area (Å²) >= 11 is 0. The molecule has 0 radical (unpaired) electrons. The molecule has 1 heterocycles. The number of phenolic OH excluding ortho intramolecular Hbond substituents is 1. The molecule has 1 aromatic carbocycles. The lowest BCUT2D eigenvalue weighted by molar-refractivity contribution is -0.148. The van der Waals surface area contributed by atoms with E-state index in [0.717, 1.165) is 5.56 Å². The number of benzene rings is 1. The Morgan fingerprint density at radius 3 is 2.55 bits per heavy atom. The first-order chi connectivity index (χ1) is 9.37. The molecule has 1 aromatic rings. The topological polar surface area (TPSA) is 35.5 Å². The fourth-order valence-corrected chi connectivity index (χ4v) is 2.59. The van der Waals surface area contributed by atoms with Crippen LogP contribution in [-0.2, 0) is 0 Å². The predicted molar refractivity (Wildman–Crippen MR) is 70.7 cm³/mol. The van der Waals surface area contributed by atoms with Crippen LogP contribution in [0, 0.1) is 6.92 Å². The smallest absolute Gasteiger partial charge is 0.390 e. The zero-order valence-electron chi connectivity index (χ0n) is 11.4. The number of aryl methyl sites for hydroxylation is 1. The number of rotatable bonds is 3. The van der Waals surface area contributed by atoms with Crippen LogP contribution in [0.5, 0.6) is 5.75 Å². The van der Waals surface area contributed by atoms with Gasteiger partial charge in [0.25, 0.3) is 0 Å². The fraction of sp³-hybridized carbons (Fsp3) is 0.571. The molecular formula is C14H19F3N2O. The molecule has 1 aliphatic rings. The van der Waals surface area contributed by atoms with Crippen molar-refractivity contribution < 1.29 is 18.3 Å². The molecule has 2 N–H and O–H groups in total. The Labute approximate surface area is 116 Å². The number of nitrogens with zero attached hydrogens (tertiary/aromatic N) is 1. The highest BCUT2D eigenvalue weighted by Crippen LogP contribution is 2.37. The van der Waals surface area contributed by atoms with E-state index in [0.29, 0.717) is 31.7 Å². The molecule has 1 fully saturated rings. The maximum Gasteiger partial charge on any atom is 0.390 e. The van der Waals surface area contributed by atoms with E-state index >= 15 is 0 Å². The Hall–Kier alpha value is -1.27. The van der Waals surface area contributed by atoms with E-state index in [4.69, 9.17) is 0 Å². The number of hydrogen-bond acceptors (Lipinski definition) is 3. The molecule has 2 rings (SSSR count). The van der Waals surface area contributed by atoms with Gasteiger partial charge in [-0.3, -0.25) is 4.90 Å². The van der Waals surface area contributed by atoms with Gasteiger partial charge in [0.05, 0.1) is 6.42 Å². The second-order valence-corrected chi connectivity index (χ2v) is 5.18. The van der Waals surface area contributed by atoms with Crippen molar-refractivity contribution in [1.82, 2.24) is 10.2 Å². The zero-order valence-corrected chi connectivity index (χ0v) is 11.4. The molecule has 0 bridgehead atoms. The van der Waals surface area contributed by atoms with Crippen molar-refractivity contribution in [2.24, 2.45) is 0 Å². The van der Waals surface area contributed by atoms with E-state index in [1.807, 2.05) is 6.92 Å². The molecule has 0 spiro atoms. The molecule has 0 amide bonds. The maximum atomic E-state index is 12.9. The van der Waals surface area contributed by atoms with Crippen molar-refractivity contribution in [3.05, 3.63) is 29.3 Å². The van der Waals surface area contributed by atoms with Crippen LogP contribution in [0.25, 0.3) is 0 Å². The van der Waals surface area contributed by atoms with Gasteiger partial charge in [-0.05, 0) is 13.0 Å². The Kier molecular flexibility index (Phi) is 4.55. The van der Waals surface area contributed by atoms with E-state index in [1.54, 1.807) is 17.0 Å². The molecule has 1 saturated heterocycles. The lowest BCUT2D eigenvalue weighted by Gasteiger charge is -2.36. The van der Waals surface area contributed by atoms with Crippen LogP contribution in [0.3, 0.4) is 0 Å². The Morgan fingerprint density at radius 2 is 1.95 bits per heavy atom. The average molecular weight is 288 g/mol. The van der Waals surface area contributed by atoms with Gasteiger partial charge < -0.3 is 10.4 Å². The highest BCUT2D eigenvalue weighted by Gasteiger charge is 2.37. The average Bonchev–Trinajstić information content (AvgIpc) is 2.39. The number of alkyl halides is 3. The number of phenols is 1. The van der Waals surface area contributed by atoms with Gasteiger partial charge in [-0.25, -0.2) is 0 Å². The highest BCUT2D eigenvalue weighted by atomic mass is 19.4. The number of hydrogen-bond donors (Lipinski definition) is 2. The van der Waals surface area contributed by atoms with Gasteiger partial charge in [0, 0.05) is 37.8 Å². The number of piperazine rings is 1. The van der Waals surface area contributed by atoms with Crippen LogP contribution in [-0.4, -0.2) is 42.4 Å². The Morgan fingerprint density at radius 1 is 1.30 bits per heavy atom. The SMILES string of the molecule is Cc1ccc(O)c([C@H](CC(F)(F)F)N2CCNCC2)c1. The van der Waals surface area contributed by atoms with Crippen LogP contribution in [0.15, 0.2) is 18.2 Å². The number of aromatic hydroxyl groups is 1. The van der Waals surface area contributed by atoms with E-state index in [9.17, 15) is 18.3 Å². The monoisotopic (exact) mass is 288 g/mol. The number of nitrogens with one attached hydrogen (secondary N) is 1. The molecule has 1 atom stereocenters. The predicted octanol–water partition coefficient (Wildman–Crippen LogP) is 2.60. The van der Waals surface area contributed by atoms with Crippen molar-refractivity contribution in [1.29, 1.82) is 0 Å². The first-order valence-electron chi connectivity index (χ1n) is 6.68. The van der Waals surface area contributed by atoms with Crippen molar-refractivity contribution >= 4 is 0 Å². The van der Waals surface area contributed by atoms with Gasteiger partial charge in [0.15, 0.2) is 0 Å². The summed E-state index contributed by atoms with van der Waals surface area (Å²) in [5.41, 5.74) is 1.21. The third kappa shape index (κ3) is 3.86. The second-order valence-electron chi connectivity index (χ2n) is 5.18. The molecule has 1 aliphatic heterocycles. The largest absolute Gasteiger partial charge is 0.508 e. The van der Waals surface area contributed by atoms with Gasteiger partial charge in [0.2, 0.25) is 0 Å². The molecule has 20 heavy (non-hydrogen) atoms. The minimum absolute atomic E-state index is 0.0663. The standard InChI is InChI=1S/C14H19F3N2O/c1-10-2-3-13(20)11(8-10)12(9-14(15,16)17)19-6-4-18-5-7-19/h2-3,8,12,18,20H,4-7,9H2,1H3/t12-/m0/s1. The Bertz CT molecular complexity index is 456. The molecular weight excluding hydrogens is 269 g/mol. The summed E-state index contributed by atoms with van der Waals surface area (Å²) in [6.45, 7) is 4.25. The molecule has 0 saturated carbocycles. The van der Waals surface area contributed by atoms with E-state index in [1.165, 1.54) is 6.07 Å². The van der Waals surface area contributed by atoms with Crippen LogP contribution >= 0.6 is 0 Å². The van der Waals surface area contributed by atoms with Crippen molar-refractivity contribution in [2.75, 3.05) is 26.2 Å². The molecule has 0 aromatic heterocycles. The van der Waals surface area contributed by atoms with Crippen molar-refractivity contribution in [3.63, 3.8) is 0 Å². The van der Waals surface area contributed by atoms with Crippen molar-refractivity contribution in [2.45, 2.75) is 25.6 Å². The minimum atomic E-state index is -4.26. The van der Waals surface area contributed by atoms with Gasteiger partial charge >= 0.3 is 6.18 Å². The van der Waals surface area contributed by atoms with Gasteiger partial charge in [-0.1, -0.05) is 17.7 Å². The van der Waals surface area contributed by atoms with Crippen LogP contribution < -0.4 is 5.32 Å². The lowest BCUT2D eigenvalue weighted by atomic mass is 9.98. The maximum absolute atomic E-state index is 12.9. The summed E-state index contributed by atoms with van der Waals surface area (Å²) in [4.78, 5) is 1.79. The minimum Gasteiger partial charge on any atom is -0.508 e. The molecule has 112 valence electrons. The summed E-state index contributed by atoms with van der Waals surface area (Å²) in [5, 5.41) is 13.0. The Balaban J connectivity index is 2.31. The summed E-state index contributed by atoms with van der Waals surface area (Å²) < 4.78 is 38.6. The summed E-state index contributed by atoms with van der Waals surface area (Å²) in [7, 11) is 0. The van der Waals surface area contributed by atoms with Crippen LogP contribution in [0.1, 0.15) is 23.6 Å². The van der Waals surface area contributed by atoms with E-state index < -0.39 is 18.6 Å². The summed E-state index contributed by atoms with van der Waals surface area (Å²) in [6.07, 6.45) is -5.20. The fourth-order valence-electron chi connectivity index (χ4n) is 2.59. The molecule has 6 heteroatoms. The lowest BCUT2D eigenvalue weighted by Crippen LogP contribution is -2.46.